The van der Waals surface area contributed by atoms with Crippen molar-refractivity contribution in [2.24, 2.45) is 0 Å². The number of aromatic nitrogens is 3. The van der Waals surface area contributed by atoms with Crippen molar-refractivity contribution in [3.05, 3.63) is 51.4 Å². The van der Waals surface area contributed by atoms with Crippen LogP contribution in [0.4, 0.5) is 4.39 Å². The Morgan fingerprint density at radius 3 is 2.44 bits per heavy atom. The van der Waals surface area contributed by atoms with Gasteiger partial charge in [0.15, 0.2) is 20.1 Å². The van der Waals surface area contributed by atoms with Crippen molar-refractivity contribution in [1.29, 1.82) is 0 Å². The van der Waals surface area contributed by atoms with Crippen molar-refractivity contribution >= 4 is 39.2 Å². The Labute approximate surface area is 304 Å². The summed E-state index contributed by atoms with van der Waals surface area (Å²) < 4.78 is 49.6. The fourth-order valence-electron chi connectivity index (χ4n) is 7.08. The van der Waals surface area contributed by atoms with Crippen molar-refractivity contribution in [3.63, 3.8) is 0 Å². The van der Waals surface area contributed by atoms with Gasteiger partial charge in [-0.15, -0.1) is 0 Å². The molecule has 0 radical (unpaired) electrons. The molecule has 1 aliphatic carbocycles. The standard InChI is InChI=1S/C38H57ClFN3O5Si2/c1-10-11-12-24-17-25-13-14-26(33(25)28(40)18-24)19-29-27(39)20-30-36(41-29)43(23-44-15-16-49(5,6)7)37(42-30)47-31-21-45-35-32(22-46-34(31)35)48-50(8,9)38(2,3)4/h17-18,20,26,31-32,34-35H,10-16,19,21-23H2,1-9H3/t26-,31-,32-,34-,35-/m1/s1. The Morgan fingerprint density at radius 2 is 1.74 bits per heavy atom. The number of rotatable bonds is 14. The molecule has 0 unspecified atom stereocenters. The van der Waals surface area contributed by atoms with Crippen LogP contribution in [0.15, 0.2) is 18.2 Å². The zero-order chi connectivity index (χ0) is 36.0. The second kappa shape index (κ2) is 14.9. The molecular formula is C38H57ClFN3O5Si2. The van der Waals surface area contributed by atoms with Gasteiger partial charge < -0.3 is 23.4 Å². The summed E-state index contributed by atoms with van der Waals surface area (Å²) in [4.78, 5) is 9.95. The van der Waals surface area contributed by atoms with Gasteiger partial charge in [0.1, 0.15) is 30.3 Å². The Morgan fingerprint density at radius 1 is 1.02 bits per heavy atom. The highest BCUT2D eigenvalue weighted by atomic mass is 35.5. The number of imidazole rings is 1. The molecule has 1 aromatic carbocycles. The van der Waals surface area contributed by atoms with E-state index in [0.29, 0.717) is 48.4 Å². The Balaban J connectivity index is 1.24. The van der Waals surface area contributed by atoms with E-state index in [-0.39, 0.29) is 47.9 Å². The monoisotopic (exact) mass is 745 g/mol. The van der Waals surface area contributed by atoms with E-state index in [2.05, 4.69) is 66.5 Å². The molecule has 0 spiro atoms. The maximum Gasteiger partial charge on any atom is 0.301 e. The molecule has 2 saturated heterocycles. The smallest absolute Gasteiger partial charge is 0.301 e. The first kappa shape index (κ1) is 37.9. The van der Waals surface area contributed by atoms with Crippen LogP contribution in [0.25, 0.3) is 11.2 Å². The van der Waals surface area contributed by atoms with Gasteiger partial charge in [0.2, 0.25) is 0 Å². The highest BCUT2D eigenvalue weighted by Gasteiger charge is 2.52. The fraction of sp³-hybridized carbons (Fsp3) is 0.684. The number of hydrogen-bond donors (Lipinski definition) is 0. The van der Waals surface area contributed by atoms with Crippen LogP contribution >= 0.6 is 11.6 Å². The first-order chi connectivity index (χ1) is 23.5. The Bertz CT molecular complexity index is 1670. The van der Waals surface area contributed by atoms with E-state index < -0.39 is 16.4 Å². The SMILES string of the molecule is CCCCc1cc(F)c2c(c1)CC[C@@H]2Cc1nc2c(cc1Cl)nc(O[C@@H]1CO[C@H]3[C@@H]1OC[C@H]3O[Si](C)(C)C(C)(C)C)n2COCC[Si](C)(C)C. The number of benzene rings is 1. The second-order valence-electron chi connectivity index (χ2n) is 17.3. The number of hydrogen-bond acceptors (Lipinski definition) is 7. The predicted molar refractivity (Wildman–Crippen MR) is 202 cm³/mol. The molecule has 0 saturated carbocycles. The minimum atomic E-state index is -2.02. The molecule has 0 amide bonds. The molecule has 0 bridgehead atoms. The summed E-state index contributed by atoms with van der Waals surface area (Å²) in [5.41, 5.74) is 5.03. The summed E-state index contributed by atoms with van der Waals surface area (Å²) in [5.74, 6) is -0.0886. The zero-order valence-corrected chi connectivity index (χ0v) is 34.3. The largest absolute Gasteiger partial charge is 0.456 e. The van der Waals surface area contributed by atoms with E-state index in [1.165, 1.54) is 0 Å². The molecule has 8 nitrogen and oxygen atoms in total. The van der Waals surface area contributed by atoms with E-state index in [0.717, 1.165) is 60.5 Å². The van der Waals surface area contributed by atoms with Crippen molar-refractivity contribution < 1.29 is 27.8 Å². The second-order valence-corrected chi connectivity index (χ2v) is 28.1. The van der Waals surface area contributed by atoms with Gasteiger partial charge in [0.05, 0.1) is 30.0 Å². The lowest BCUT2D eigenvalue weighted by atomic mass is 9.93. The number of halogens is 2. The number of ether oxygens (including phenoxy) is 4. The third-order valence-corrected chi connectivity index (χ3v) is 17.6. The maximum atomic E-state index is 15.5. The average Bonchev–Trinajstić information content (AvgIpc) is 3.79. The third-order valence-electron chi connectivity index (χ3n) is 11.1. The van der Waals surface area contributed by atoms with Gasteiger partial charge in [0, 0.05) is 14.7 Å². The first-order valence-electron chi connectivity index (χ1n) is 18.6. The highest BCUT2D eigenvalue weighted by molar-refractivity contribution is 6.76. The van der Waals surface area contributed by atoms with Crippen LogP contribution in [-0.4, -0.2) is 75.2 Å². The van der Waals surface area contributed by atoms with Crippen molar-refractivity contribution in [3.8, 4) is 6.01 Å². The highest BCUT2D eigenvalue weighted by Crippen LogP contribution is 2.42. The molecule has 2 fully saturated rings. The van der Waals surface area contributed by atoms with Gasteiger partial charge in [-0.1, -0.05) is 71.4 Å². The Kier molecular flexibility index (Phi) is 11.3. The van der Waals surface area contributed by atoms with E-state index in [4.69, 9.17) is 44.9 Å². The van der Waals surface area contributed by atoms with E-state index in [1.807, 2.05) is 10.6 Å². The lowest BCUT2D eigenvalue weighted by molar-refractivity contribution is 0.00687. The Hall–Kier alpha value is -1.87. The lowest BCUT2D eigenvalue weighted by Crippen LogP contribution is -2.47. The van der Waals surface area contributed by atoms with Gasteiger partial charge in [-0.05, 0) is 91.0 Å². The van der Waals surface area contributed by atoms with Gasteiger partial charge in [-0.2, -0.15) is 4.98 Å². The van der Waals surface area contributed by atoms with Gasteiger partial charge in [0.25, 0.3) is 0 Å². The summed E-state index contributed by atoms with van der Waals surface area (Å²) in [5, 5.41) is 0.607. The molecule has 50 heavy (non-hydrogen) atoms. The van der Waals surface area contributed by atoms with Crippen LogP contribution < -0.4 is 4.74 Å². The molecule has 12 heteroatoms. The summed E-state index contributed by atoms with van der Waals surface area (Å²) in [6.45, 7) is 22.1. The van der Waals surface area contributed by atoms with Crippen LogP contribution in [-0.2, 0) is 44.6 Å². The van der Waals surface area contributed by atoms with Crippen LogP contribution in [0.5, 0.6) is 6.01 Å². The van der Waals surface area contributed by atoms with E-state index in [1.54, 1.807) is 6.07 Å². The van der Waals surface area contributed by atoms with Gasteiger partial charge in [-0.25, -0.2) is 9.37 Å². The normalized spacial score (nSPS) is 23.9. The van der Waals surface area contributed by atoms with Crippen molar-refractivity contribution in [2.75, 3.05) is 19.8 Å². The number of aryl methyl sites for hydroxylation is 2. The number of nitrogens with zero attached hydrogens (tertiary/aromatic N) is 3. The number of fused-ring (bicyclic) bond motifs is 3. The molecule has 2 aliphatic heterocycles. The van der Waals surface area contributed by atoms with Gasteiger partial charge in [-0.3, -0.25) is 4.57 Å². The molecule has 3 aliphatic rings. The quantitative estimate of drug-likeness (QED) is 0.120. The first-order valence-corrected chi connectivity index (χ1v) is 25.6. The lowest BCUT2D eigenvalue weighted by Gasteiger charge is -2.39. The summed E-state index contributed by atoms with van der Waals surface area (Å²) in [6, 6.07) is 7.23. The average molecular weight is 747 g/mol. The van der Waals surface area contributed by atoms with E-state index >= 15 is 4.39 Å². The molecular weight excluding hydrogens is 689 g/mol. The van der Waals surface area contributed by atoms with Crippen LogP contribution in [0.1, 0.15) is 75.3 Å². The topological polar surface area (TPSA) is 76.9 Å². The van der Waals surface area contributed by atoms with Gasteiger partial charge >= 0.3 is 6.01 Å². The summed E-state index contributed by atoms with van der Waals surface area (Å²) in [7, 11) is -3.31. The fourth-order valence-corrected chi connectivity index (χ4v) is 9.38. The zero-order valence-electron chi connectivity index (χ0n) is 31.5. The van der Waals surface area contributed by atoms with Crippen LogP contribution in [0.3, 0.4) is 0 Å². The third kappa shape index (κ3) is 8.19. The number of unbranched alkanes of at least 4 members (excludes halogenated alkanes) is 1. The molecule has 6 rings (SSSR count). The minimum absolute atomic E-state index is 0.0151. The molecule has 276 valence electrons. The summed E-state index contributed by atoms with van der Waals surface area (Å²) in [6.07, 6.45) is 4.41. The van der Waals surface area contributed by atoms with E-state index in [9.17, 15) is 0 Å². The molecule has 2 aromatic heterocycles. The molecule has 4 heterocycles. The number of pyridine rings is 1. The van der Waals surface area contributed by atoms with Crippen molar-refractivity contribution in [1.82, 2.24) is 14.5 Å². The molecule has 0 N–H and O–H groups in total. The molecule has 5 atom stereocenters. The minimum Gasteiger partial charge on any atom is -0.456 e. The van der Waals surface area contributed by atoms with Crippen LogP contribution in [0.2, 0.25) is 48.8 Å². The predicted octanol–water partition coefficient (Wildman–Crippen LogP) is 9.09. The van der Waals surface area contributed by atoms with Crippen LogP contribution in [0, 0.1) is 5.82 Å². The summed E-state index contributed by atoms with van der Waals surface area (Å²) >= 11 is 6.89. The van der Waals surface area contributed by atoms with Crippen molar-refractivity contribution in [2.45, 2.75) is 147 Å². The maximum absolute atomic E-state index is 15.5. The molecule has 3 aromatic rings.